The van der Waals surface area contributed by atoms with Crippen LogP contribution in [0.1, 0.15) is 31.8 Å². The predicted molar refractivity (Wildman–Crippen MR) is 148 cm³/mol. The van der Waals surface area contributed by atoms with Gasteiger partial charge in [-0.15, -0.1) is 0 Å². The van der Waals surface area contributed by atoms with Crippen LogP contribution in [-0.4, -0.2) is 22.9 Å². The molecule has 0 saturated carbocycles. The van der Waals surface area contributed by atoms with E-state index in [1.165, 1.54) is 12.1 Å². The first-order valence-electron chi connectivity index (χ1n) is 10.8. The van der Waals surface area contributed by atoms with Gasteiger partial charge < -0.3 is 41.4 Å². The third-order valence-electron chi connectivity index (χ3n) is 5.37. The van der Waals surface area contributed by atoms with E-state index in [2.05, 4.69) is 10.6 Å². The van der Waals surface area contributed by atoms with Crippen molar-refractivity contribution < 1.29 is 50.2 Å². The molecule has 0 aliphatic rings. The molecule has 0 heterocycles. The minimum absolute atomic E-state index is 0. The summed E-state index contributed by atoms with van der Waals surface area (Å²) in [7, 11) is 0. The summed E-state index contributed by atoms with van der Waals surface area (Å²) < 4.78 is 0. The Morgan fingerprint density at radius 1 is 0.564 bits per heavy atom. The first-order chi connectivity index (χ1) is 17.2. The Morgan fingerprint density at radius 3 is 1.21 bits per heavy atom. The van der Waals surface area contributed by atoms with Crippen LogP contribution in [0, 0.1) is 13.8 Å². The Kier molecular flexibility index (Phi) is 15.0. The molecule has 200 valence electrons. The molecule has 8 nitrogen and oxygen atoms in total. The van der Waals surface area contributed by atoms with Crippen molar-refractivity contribution in [1.82, 2.24) is 0 Å². The molecule has 0 aliphatic heterocycles. The molecule has 4 aromatic rings. The molecular formula is C28H26Cl2N2O6Zn. The Balaban J connectivity index is 0.000000688. The van der Waals surface area contributed by atoms with Crippen LogP contribution in [0.25, 0.3) is 0 Å². The molecule has 0 fully saturated rings. The summed E-state index contributed by atoms with van der Waals surface area (Å²) in [6.07, 6.45) is 0. The topological polar surface area (TPSA) is 167 Å². The molecule has 4 aromatic carbocycles. The number of carbonyl (C=O) groups is 2. The Bertz CT molecular complexity index is 1310. The van der Waals surface area contributed by atoms with Crippen LogP contribution in [0.3, 0.4) is 0 Å². The summed E-state index contributed by atoms with van der Waals surface area (Å²) in [4.78, 5) is 22.0. The minimum atomic E-state index is -1.21. The van der Waals surface area contributed by atoms with E-state index in [0.29, 0.717) is 21.4 Å². The normalized spacial score (nSPS) is 9.33. The molecule has 0 unspecified atom stereocenters. The largest absolute Gasteiger partial charge is 2.00 e. The van der Waals surface area contributed by atoms with Crippen LogP contribution < -0.4 is 20.8 Å². The van der Waals surface area contributed by atoms with Gasteiger partial charge in [-0.1, -0.05) is 71.7 Å². The average molecular weight is 623 g/mol. The van der Waals surface area contributed by atoms with Crippen molar-refractivity contribution >= 4 is 57.9 Å². The van der Waals surface area contributed by atoms with Crippen LogP contribution in [-0.2, 0) is 19.5 Å². The van der Waals surface area contributed by atoms with Gasteiger partial charge in [-0.25, -0.2) is 0 Å². The summed E-state index contributed by atoms with van der Waals surface area (Å²) in [6, 6.07) is 24.1. The van der Waals surface area contributed by atoms with Gasteiger partial charge in [0.15, 0.2) is 0 Å². The molecule has 0 radical (unpaired) electrons. The van der Waals surface area contributed by atoms with Crippen molar-refractivity contribution in [2.24, 2.45) is 0 Å². The first kappa shape index (κ1) is 35.5. The van der Waals surface area contributed by atoms with Gasteiger partial charge in [-0.3, -0.25) is 0 Å². The van der Waals surface area contributed by atoms with Crippen LogP contribution in [0.15, 0.2) is 84.9 Å². The van der Waals surface area contributed by atoms with Gasteiger partial charge in [0.25, 0.3) is 0 Å². The van der Waals surface area contributed by atoms with Gasteiger partial charge in [0, 0.05) is 43.9 Å². The summed E-state index contributed by atoms with van der Waals surface area (Å²) in [6.45, 7) is 3.73. The van der Waals surface area contributed by atoms with Crippen molar-refractivity contribution in [2.75, 3.05) is 10.6 Å². The standard InChI is InChI=1S/2C14H12ClNO2.2H2O.Zn/c2*1-9-11(15)6-4-8-12(9)16-13-7-3-2-5-10(13)14(17)18;;;/h2*2-8,16H,1H3,(H,17,18);2*1H2;/q;;;;+2/p-2. The fourth-order valence-corrected chi connectivity index (χ4v) is 3.67. The van der Waals surface area contributed by atoms with Crippen molar-refractivity contribution in [2.45, 2.75) is 13.8 Å². The number of para-hydroxylation sites is 2. The van der Waals surface area contributed by atoms with Gasteiger partial charge in [0.1, 0.15) is 0 Å². The van der Waals surface area contributed by atoms with E-state index >= 15 is 0 Å². The molecule has 4 rings (SSSR count). The van der Waals surface area contributed by atoms with Gasteiger partial charge in [-0.05, 0) is 61.4 Å². The van der Waals surface area contributed by atoms with Crippen LogP contribution in [0.5, 0.6) is 0 Å². The summed E-state index contributed by atoms with van der Waals surface area (Å²) >= 11 is 12.0. The summed E-state index contributed by atoms with van der Waals surface area (Å²) in [5, 5.41) is 29.3. The zero-order chi connectivity index (χ0) is 26.2. The second-order valence-electron chi connectivity index (χ2n) is 7.74. The maximum absolute atomic E-state index is 11.0. The number of benzene rings is 4. The molecule has 0 aliphatic carbocycles. The molecule has 0 atom stereocenters. The maximum Gasteiger partial charge on any atom is 2.00 e. The maximum atomic E-state index is 11.0. The van der Waals surface area contributed by atoms with Crippen molar-refractivity contribution in [1.29, 1.82) is 0 Å². The second-order valence-corrected chi connectivity index (χ2v) is 8.56. The summed E-state index contributed by atoms with van der Waals surface area (Å²) in [5.74, 6) is -2.42. The van der Waals surface area contributed by atoms with Crippen molar-refractivity contribution in [3.63, 3.8) is 0 Å². The van der Waals surface area contributed by atoms with E-state index < -0.39 is 11.9 Å². The molecule has 0 amide bonds. The van der Waals surface area contributed by atoms with E-state index in [4.69, 9.17) is 23.2 Å². The number of nitrogens with one attached hydrogen (secondary N) is 2. The molecule has 0 bridgehead atoms. The van der Waals surface area contributed by atoms with Crippen LogP contribution >= 0.6 is 23.2 Å². The number of rotatable bonds is 6. The second kappa shape index (κ2) is 16.5. The Hall–Kier alpha value is -3.46. The van der Waals surface area contributed by atoms with Crippen molar-refractivity contribution in [3.8, 4) is 0 Å². The number of anilines is 4. The van der Waals surface area contributed by atoms with E-state index in [1.807, 2.05) is 26.0 Å². The zero-order valence-corrected chi connectivity index (χ0v) is 25.7. The fourth-order valence-electron chi connectivity index (χ4n) is 3.32. The van der Waals surface area contributed by atoms with Gasteiger partial charge >= 0.3 is 19.5 Å². The SMILES string of the molecule is Cc1c(Cl)cccc1Nc1ccccc1C(=O)[O-].Cc1c(Cl)cccc1Nc1ccccc1C(=O)[O-].O.O.[Zn+2]. The number of aromatic carboxylic acids is 2. The van der Waals surface area contributed by atoms with E-state index in [-0.39, 0.29) is 41.6 Å². The monoisotopic (exact) mass is 620 g/mol. The molecule has 0 saturated heterocycles. The molecular weight excluding hydrogens is 597 g/mol. The number of carbonyl (C=O) groups excluding carboxylic acids is 2. The molecule has 6 N–H and O–H groups in total. The van der Waals surface area contributed by atoms with E-state index in [0.717, 1.165) is 22.5 Å². The Labute approximate surface area is 249 Å². The number of halogens is 2. The Morgan fingerprint density at radius 2 is 0.872 bits per heavy atom. The van der Waals surface area contributed by atoms with Gasteiger partial charge in [0.2, 0.25) is 0 Å². The fraction of sp³-hybridized carbons (Fsp3) is 0.0714. The third-order valence-corrected chi connectivity index (χ3v) is 6.19. The molecule has 11 heteroatoms. The van der Waals surface area contributed by atoms with Crippen LogP contribution in [0.4, 0.5) is 22.7 Å². The first-order valence-corrected chi connectivity index (χ1v) is 11.6. The van der Waals surface area contributed by atoms with Gasteiger partial charge in [0.05, 0.1) is 11.9 Å². The molecule has 0 spiro atoms. The number of carboxylic acids is 2. The van der Waals surface area contributed by atoms with Gasteiger partial charge in [-0.2, -0.15) is 0 Å². The molecule has 0 aromatic heterocycles. The quantitative estimate of drug-likeness (QED) is 0.310. The van der Waals surface area contributed by atoms with E-state index in [1.54, 1.807) is 60.7 Å². The number of hydrogen-bond acceptors (Lipinski definition) is 6. The predicted octanol–water partition coefficient (Wildman–Crippen LogP) is 3.86. The minimum Gasteiger partial charge on any atom is -0.545 e. The number of carboxylic acid groups (broad SMARTS) is 2. The summed E-state index contributed by atoms with van der Waals surface area (Å²) in [5.41, 5.74) is 4.51. The molecule has 39 heavy (non-hydrogen) atoms. The van der Waals surface area contributed by atoms with Crippen molar-refractivity contribution in [3.05, 3.63) is 117 Å². The third kappa shape index (κ3) is 9.35. The average Bonchev–Trinajstić information content (AvgIpc) is 2.86. The van der Waals surface area contributed by atoms with E-state index in [9.17, 15) is 19.8 Å². The number of hydrogen-bond donors (Lipinski definition) is 2. The smallest absolute Gasteiger partial charge is 0.545 e. The van der Waals surface area contributed by atoms with Crippen LogP contribution in [0.2, 0.25) is 10.0 Å². The zero-order valence-electron chi connectivity index (χ0n) is 21.2.